The maximum atomic E-state index is 13.6. The lowest BCUT2D eigenvalue weighted by molar-refractivity contribution is -0.138. The molecule has 1 N–H and O–H groups in total. The number of likely N-dealkylation sites (tertiary alicyclic amines) is 1. The number of amides is 1. The van der Waals surface area contributed by atoms with Crippen molar-refractivity contribution in [1.82, 2.24) is 14.9 Å². The number of hydrogen-bond acceptors (Lipinski definition) is 5. The average molecular weight is 495 g/mol. The molecule has 2 aromatic carbocycles. The second-order valence-electron chi connectivity index (χ2n) is 8.44. The van der Waals surface area contributed by atoms with Gasteiger partial charge in [-0.05, 0) is 61.6 Å². The molecular weight excluding hydrogens is 469 g/mol. The second kappa shape index (κ2) is 10.7. The van der Waals surface area contributed by atoms with Gasteiger partial charge in [0.05, 0.1) is 24.1 Å². The van der Waals surface area contributed by atoms with Crippen molar-refractivity contribution in [1.29, 1.82) is 0 Å². The van der Waals surface area contributed by atoms with E-state index in [4.69, 9.17) is 11.2 Å². The number of halogens is 3. The van der Waals surface area contributed by atoms with Crippen LogP contribution in [0.1, 0.15) is 45.6 Å². The fourth-order valence-corrected chi connectivity index (χ4v) is 4.13. The normalized spacial score (nSPS) is 13.4. The lowest BCUT2D eigenvalue weighted by Crippen LogP contribution is -2.27. The van der Waals surface area contributed by atoms with E-state index in [-0.39, 0.29) is 24.0 Å². The van der Waals surface area contributed by atoms with Gasteiger partial charge in [-0.3, -0.25) is 4.79 Å². The van der Waals surface area contributed by atoms with Gasteiger partial charge in [0.1, 0.15) is 5.75 Å². The smallest absolute Gasteiger partial charge is 0.419 e. The van der Waals surface area contributed by atoms with Crippen molar-refractivity contribution in [2.75, 3.05) is 25.5 Å². The van der Waals surface area contributed by atoms with Gasteiger partial charge < -0.3 is 15.0 Å². The van der Waals surface area contributed by atoms with Gasteiger partial charge in [0.2, 0.25) is 5.95 Å². The largest absolute Gasteiger partial charge is 0.495 e. The minimum atomic E-state index is -4.59. The van der Waals surface area contributed by atoms with Crippen LogP contribution in [0.2, 0.25) is 0 Å². The molecule has 4 rings (SSSR count). The van der Waals surface area contributed by atoms with Gasteiger partial charge in [0, 0.05) is 30.4 Å². The summed E-state index contributed by atoms with van der Waals surface area (Å²) >= 11 is 0. The Morgan fingerprint density at radius 3 is 2.64 bits per heavy atom. The third kappa shape index (κ3) is 5.77. The van der Waals surface area contributed by atoms with Crippen molar-refractivity contribution in [2.24, 2.45) is 0 Å². The first-order valence-corrected chi connectivity index (χ1v) is 11.5. The van der Waals surface area contributed by atoms with E-state index in [1.54, 1.807) is 41.3 Å². The zero-order chi connectivity index (χ0) is 25.7. The third-order valence-electron chi connectivity index (χ3n) is 6.01. The number of aryl methyl sites for hydroxylation is 2. The molecule has 1 amide bonds. The first-order chi connectivity index (χ1) is 17.3. The number of rotatable bonds is 7. The number of carbonyl (C=O) groups is 1. The number of nitrogens with zero attached hydrogens (tertiary/aromatic N) is 3. The van der Waals surface area contributed by atoms with Crippen molar-refractivity contribution < 1.29 is 22.7 Å². The Morgan fingerprint density at radius 1 is 1.17 bits per heavy atom. The fraction of sp³-hybridized carbons (Fsp3) is 0.296. The number of benzene rings is 2. The van der Waals surface area contributed by atoms with Gasteiger partial charge in [-0.15, -0.1) is 6.42 Å². The zero-order valence-corrected chi connectivity index (χ0v) is 19.7. The average Bonchev–Trinajstić information content (AvgIpc) is 3.42. The van der Waals surface area contributed by atoms with Gasteiger partial charge in [-0.1, -0.05) is 18.1 Å². The molecular formula is C27H25F3N4O2. The highest BCUT2D eigenvalue weighted by molar-refractivity contribution is 5.95. The van der Waals surface area contributed by atoms with E-state index in [1.807, 2.05) is 6.07 Å². The summed E-state index contributed by atoms with van der Waals surface area (Å²) in [6.45, 7) is 1.44. The molecule has 6 nitrogen and oxygen atoms in total. The fourth-order valence-electron chi connectivity index (χ4n) is 4.13. The molecule has 1 aromatic heterocycles. The van der Waals surface area contributed by atoms with Crippen molar-refractivity contribution in [3.05, 3.63) is 76.6 Å². The Hall–Kier alpha value is -4.06. The van der Waals surface area contributed by atoms with E-state index in [9.17, 15) is 18.0 Å². The predicted molar refractivity (Wildman–Crippen MR) is 130 cm³/mol. The Labute approximate surface area is 207 Å². The number of ether oxygens (including phenoxy) is 1. The van der Waals surface area contributed by atoms with Crippen LogP contribution in [0.4, 0.5) is 24.8 Å². The molecule has 0 spiro atoms. The van der Waals surface area contributed by atoms with Gasteiger partial charge in [-0.25, -0.2) is 9.97 Å². The molecule has 0 radical (unpaired) electrons. The highest BCUT2D eigenvalue weighted by atomic mass is 19.4. The summed E-state index contributed by atoms with van der Waals surface area (Å²) in [6.07, 6.45) is 3.93. The van der Waals surface area contributed by atoms with Gasteiger partial charge in [0.15, 0.2) is 0 Å². The molecule has 0 saturated carbocycles. The van der Waals surface area contributed by atoms with E-state index in [0.29, 0.717) is 29.0 Å². The third-order valence-corrected chi connectivity index (χ3v) is 6.01. The Morgan fingerprint density at radius 2 is 1.94 bits per heavy atom. The van der Waals surface area contributed by atoms with Crippen LogP contribution >= 0.6 is 0 Å². The molecule has 36 heavy (non-hydrogen) atoms. The standard InChI is InChI=1S/C27H25F3N4O2/c1-3-18-7-6-8-19(15-18)9-11-22-21(27(28,29)30)17-31-26(32-22)33-23-12-10-20(16-24(23)36-2)25(35)34-13-4-5-14-34/h1,6-8,10,12,15-17H,4-5,9,11,13-14H2,2H3,(H,31,32,33). The van der Waals surface area contributed by atoms with Crippen molar-refractivity contribution in [3.63, 3.8) is 0 Å². The van der Waals surface area contributed by atoms with Gasteiger partial charge in [-0.2, -0.15) is 13.2 Å². The topological polar surface area (TPSA) is 67.4 Å². The minimum absolute atomic E-state index is 0.00713. The van der Waals surface area contributed by atoms with Crippen LogP contribution in [0.15, 0.2) is 48.7 Å². The number of hydrogen-bond donors (Lipinski definition) is 1. The molecule has 186 valence electrons. The quantitative estimate of drug-likeness (QED) is 0.455. The van der Waals surface area contributed by atoms with E-state index < -0.39 is 11.7 Å². The molecule has 3 aromatic rings. The van der Waals surface area contributed by atoms with Crippen LogP contribution in [0.5, 0.6) is 5.75 Å². The number of carbonyl (C=O) groups excluding carboxylic acids is 1. The van der Waals surface area contributed by atoms with Crippen molar-refractivity contribution in [2.45, 2.75) is 31.9 Å². The number of anilines is 2. The number of aromatic nitrogens is 2. The SMILES string of the molecule is C#Cc1cccc(CCc2nc(Nc3ccc(C(=O)N4CCCC4)cc3OC)ncc2C(F)(F)F)c1. The Balaban J connectivity index is 1.57. The summed E-state index contributed by atoms with van der Waals surface area (Å²) in [5.41, 5.74) is 1.36. The lowest BCUT2D eigenvalue weighted by Gasteiger charge is -2.17. The lowest BCUT2D eigenvalue weighted by atomic mass is 10.0. The summed E-state index contributed by atoms with van der Waals surface area (Å²) in [6, 6.07) is 12.0. The molecule has 0 atom stereocenters. The highest BCUT2D eigenvalue weighted by Crippen LogP contribution is 2.33. The van der Waals surface area contributed by atoms with Crippen LogP contribution in [0, 0.1) is 12.3 Å². The van der Waals surface area contributed by atoms with E-state index in [0.717, 1.165) is 37.7 Å². The first-order valence-electron chi connectivity index (χ1n) is 11.5. The molecule has 1 aliphatic rings. The van der Waals surface area contributed by atoms with E-state index in [1.165, 1.54) is 7.11 Å². The summed E-state index contributed by atoms with van der Waals surface area (Å²) in [4.78, 5) is 22.5. The van der Waals surface area contributed by atoms with Crippen LogP contribution in [0.25, 0.3) is 0 Å². The van der Waals surface area contributed by atoms with Gasteiger partial charge >= 0.3 is 6.18 Å². The van der Waals surface area contributed by atoms with Crippen LogP contribution < -0.4 is 10.1 Å². The van der Waals surface area contributed by atoms with E-state index in [2.05, 4.69) is 21.2 Å². The molecule has 9 heteroatoms. The number of terminal acetylenes is 1. The molecule has 1 aliphatic heterocycles. The molecule has 0 aliphatic carbocycles. The zero-order valence-electron chi connectivity index (χ0n) is 19.7. The maximum Gasteiger partial charge on any atom is 0.419 e. The number of alkyl halides is 3. The predicted octanol–water partition coefficient (Wildman–Crippen LogP) is 5.25. The maximum absolute atomic E-state index is 13.6. The summed E-state index contributed by atoms with van der Waals surface area (Å²) < 4.78 is 46.3. The minimum Gasteiger partial charge on any atom is -0.495 e. The first kappa shape index (κ1) is 25.0. The number of nitrogens with one attached hydrogen (secondary N) is 1. The van der Waals surface area contributed by atoms with E-state index >= 15 is 0 Å². The van der Waals surface area contributed by atoms with Crippen molar-refractivity contribution in [3.8, 4) is 18.1 Å². The van der Waals surface area contributed by atoms with Crippen LogP contribution in [-0.4, -0.2) is 41.0 Å². The van der Waals surface area contributed by atoms with Gasteiger partial charge in [0.25, 0.3) is 5.91 Å². The Kier molecular flexibility index (Phi) is 7.44. The molecule has 1 saturated heterocycles. The molecule has 2 heterocycles. The molecule has 0 bridgehead atoms. The molecule has 1 fully saturated rings. The summed E-state index contributed by atoms with van der Waals surface area (Å²) in [5.74, 6) is 2.79. The van der Waals surface area contributed by atoms with Crippen LogP contribution in [0.3, 0.4) is 0 Å². The number of methoxy groups -OCH3 is 1. The van der Waals surface area contributed by atoms with Crippen molar-refractivity contribution >= 4 is 17.5 Å². The monoisotopic (exact) mass is 494 g/mol. The summed E-state index contributed by atoms with van der Waals surface area (Å²) in [5, 5.41) is 2.93. The second-order valence-corrected chi connectivity index (χ2v) is 8.44. The molecule has 0 unspecified atom stereocenters. The van der Waals surface area contributed by atoms with Crippen LogP contribution in [-0.2, 0) is 19.0 Å². The Bertz CT molecular complexity index is 1290. The highest BCUT2D eigenvalue weighted by Gasteiger charge is 2.35. The summed E-state index contributed by atoms with van der Waals surface area (Å²) in [7, 11) is 1.45.